The molecule has 4 heteroatoms. The van der Waals surface area contributed by atoms with Crippen LogP contribution in [0.15, 0.2) is 30.6 Å². The molecule has 108 valence electrons. The third-order valence-corrected chi connectivity index (χ3v) is 3.74. The van der Waals surface area contributed by atoms with Crippen LogP contribution in [-0.2, 0) is 19.9 Å². The van der Waals surface area contributed by atoms with Gasteiger partial charge in [-0.05, 0) is 24.0 Å². The summed E-state index contributed by atoms with van der Waals surface area (Å²) in [5.41, 5.74) is 2.75. The van der Waals surface area contributed by atoms with Crippen LogP contribution in [0.25, 0.3) is 0 Å². The molecule has 0 spiro atoms. The highest BCUT2D eigenvalue weighted by Crippen LogP contribution is 2.17. The highest BCUT2D eigenvalue weighted by Gasteiger charge is 2.09. The predicted octanol–water partition coefficient (Wildman–Crippen LogP) is 2.66. The van der Waals surface area contributed by atoms with Crippen molar-refractivity contribution in [2.45, 2.75) is 39.2 Å². The molecule has 2 aromatic rings. The first-order valence-electron chi connectivity index (χ1n) is 7.39. The maximum atomic E-state index is 4.11. The summed E-state index contributed by atoms with van der Waals surface area (Å²) in [4.78, 5) is 0. The van der Waals surface area contributed by atoms with E-state index in [2.05, 4.69) is 53.6 Å². The maximum absolute atomic E-state index is 4.11. The van der Waals surface area contributed by atoms with Crippen LogP contribution in [0.5, 0.6) is 0 Å². The van der Waals surface area contributed by atoms with E-state index < -0.39 is 0 Å². The molecule has 0 radical (unpaired) electrons. The molecule has 2 rings (SSSR count). The summed E-state index contributed by atoms with van der Waals surface area (Å²) in [5.74, 6) is 1.02. The lowest BCUT2D eigenvalue weighted by atomic mass is 10.0. The molecule has 0 aliphatic carbocycles. The molecule has 0 fully saturated rings. The molecular formula is C16H24N4. The fourth-order valence-corrected chi connectivity index (χ4v) is 2.38. The van der Waals surface area contributed by atoms with E-state index in [0.29, 0.717) is 6.04 Å². The zero-order chi connectivity index (χ0) is 14.4. The second-order valence-electron chi connectivity index (χ2n) is 5.12. The summed E-state index contributed by atoms with van der Waals surface area (Å²) in [6.07, 6.45) is 4.83. The minimum absolute atomic E-state index is 0.411. The quantitative estimate of drug-likeness (QED) is 0.842. The van der Waals surface area contributed by atoms with Crippen molar-refractivity contribution >= 4 is 0 Å². The fourth-order valence-electron chi connectivity index (χ4n) is 2.38. The van der Waals surface area contributed by atoms with Crippen LogP contribution in [-0.4, -0.2) is 21.3 Å². The van der Waals surface area contributed by atoms with Gasteiger partial charge < -0.3 is 9.88 Å². The lowest BCUT2D eigenvalue weighted by molar-refractivity contribution is 0.515. The van der Waals surface area contributed by atoms with Crippen molar-refractivity contribution in [3.05, 3.63) is 47.5 Å². The summed E-state index contributed by atoms with van der Waals surface area (Å²) < 4.78 is 1.97. The second-order valence-corrected chi connectivity index (χ2v) is 5.12. The van der Waals surface area contributed by atoms with Gasteiger partial charge in [-0.1, -0.05) is 38.1 Å². The van der Waals surface area contributed by atoms with Gasteiger partial charge >= 0.3 is 0 Å². The summed E-state index contributed by atoms with van der Waals surface area (Å²) >= 11 is 0. The number of hydrogen-bond acceptors (Lipinski definition) is 3. The van der Waals surface area contributed by atoms with Gasteiger partial charge in [-0.25, -0.2) is 0 Å². The van der Waals surface area contributed by atoms with Crippen LogP contribution in [0, 0.1) is 0 Å². The van der Waals surface area contributed by atoms with E-state index in [4.69, 9.17) is 0 Å². The lowest BCUT2D eigenvalue weighted by Gasteiger charge is -2.17. The molecular weight excluding hydrogens is 248 g/mol. The smallest absolute Gasteiger partial charge is 0.133 e. The number of hydrogen-bond donors (Lipinski definition) is 1. The molecule has 1 unspecified atom stereocenters. The van der Waals surface area contributed by atoms with Gasteiger partial charge in [-0.3, -0.25) is 0 Å². The fraction of sp³-hybridized carbons (Fsp3) is 0.500. The van der Waals surface area contributed by atoms with Gasteiger partial charge in [0, 0.05) is 26.1 Å². The lowest BCUT2D eigenvalue weighted by Crippen LogP contribution is -2.24. The minimum atomic E-state index is 0.411. The molecule has 4 nitrogen and oxygen atoms in total. The molecule has 1 N–H and O–H groups in total. The first kappa shape index (κ1) is 14.7. The van der Waals surface area contributed by atoms with Crippen LogP contribution in [0.2, 0.25) is 0 Å². The van der Waals surface area contributed by atoms with E-state index >= 15 is 0 Å². The van der Waals surface area contributed by atoms with E-state index in [9.17, 15) is 0 Å². The van der Waals surface area contributed by atoms with Gasteiger partial charge in [-0.15, -0.1) is 10.2 Å². The van der Waals surface area contributed by atoms with Crippen LogP contribution < -0.4 is 5.32 Å². The van der Waals surface area contributed by atoms with Crippen molar-refractivity contribution in [1.82, 2.24) is 20.1 Å². The van der Waals surface area contributed by atoms with Gasteiger partial charge in [0.2, 0.25) is 0 Å². The standard InChI is InChI=1S/C16H24N4/c1-4-13-6-8-14(9-7-13)15(5-2)17-11-10-16-19-18-12-20(16)3/h6-9,12,15,17H,4-5,10-11H2,1-3H3. The van der Waals surface area contributed by atoms with E-state index in [-0.39, 0.29) is 0 Å². The second kappa shape index (κ2) is 7.20. The molecule has 0 aliphatic heterocycles. The number of rotatable bonds is 7. The van der Waals surface area contributed by atoms with Crippen molar-refractivity contribution in [3.63, 3.8) is 0 Å². The molecule has 1 heterocycles. The SMILES string of the molecule is CCc1ccc(C(CC)NCCc2nncn2C)cc1. The van der Waals surface area contributed by atoms with Gasteiger partial charge in [0.05, 0.1) is 0 Å². The van der Waals surface area contributed by atoms with E-state index in [1.165, 1.54) is 11.1 Å². The normalized spacial score (nSPS) is 12.6. The Labute approximate surface area is 121 Å². The summed E-state index contributed by atoms with van der Waals surface area (Å²) in [6.45, 7) is 5.32. The number of aromatic nitrogens is 3. The van der Waals surface area contributed by atoms with Gasteiger partial charge in [0.1, 0.15) is 12.2 Å². The molecule has 1 aromatic carbocycles. The summed E-state index contributed by atoms with van der Waals surface area (Å²) in [5, 5.41) is 11.6. The average molecular weight is 272 g/mol. The number of nitrogens with one attached hydrogen (secondary N) is 1. The zero-order valence-corrected chi connectivity index (χ0v) is 12.6. The van der Waals surface area contributed by atoms with Crippen LogP contribution >= 0.6 is 0 Å². The minimum Gasteiger partial charge on any atom is -0.321 e. The summed E-state index contributed by atoms with van der Waals surface area (Å²) in [7, 11) is 1.98. The highest BCUT2D eigenvalue weighted by atomic mass is 15.2. The van der Waals surface area contributed by atoms with E-state index in [1.807, 2.05) is 11.6 Å². The number of aryl methyl sites for hydroxylation is 2. The maximum Gasteiger partial charge on any atom is 0.133 e. The largest absolute Gasteiger partial charge is 0.321 e. The Morgan fingerprint density at radius 3 is 2.50 bits per heavy atom. The van der Waals surface area contributed by atoms with Crippen molar-refractivity contribution in [2.24, 2.45) is 7.05 Å². The Morgan fingerprint density at radius 1 is 1.20 bits per heavy atom. The topological polar surface area (TPSA) is 42.7 Å². The number of nitrogens with zero attached hydrogens (tertiary/aromatic N) is 3. The van der Waals surface area contributed by atoms with E-state index in [1.54, 1.807) is 6.33 Å². The monoisotopic (exact) mass is 272 g/mol. The van der Waals surface area contributed by atoms with Gasteiger partial charge in [-0.2, -0.15) is 0 Å². The van der Waals surface area contributed by atoms with Crippen molar-refractivity contribution in [1.29, 1.82) is 0 Å². The zero-order valence-electron chi connectivity index (χ0n) is 12.6. The van der Waals surface area contributed by atoms with Crippen molar-refractivity contribution in [3.8, 4) is 0 Å². The highest BCUT2D eigenvalue weighted by molar-refractivity contribution is 5.25. The van der Waals surface area contributed by atoms with Crippen LogP contribution in [0.4, 0.5) is 0 Å². The molecule has 1 aromatic heterocycles. The third-order valence-electron chi connectivity index (χ3n) is 3.74. The summed E-state index contributed by atoms with van der Waals surface area (Å²) in [6, 6.07) is 9.34. The van der Waals surface area contributed by atoms with E-state index in [0.717, 1.165) is 31.6 Å². The Morgan fingerprint density at radius 2 is 1.95 bits per heavy atom. The molecule has 0 aliphatic rings. The Bertz CT molecular complexity index is 516. The molecule has 0 saturated heterocycles. The Balaban J connectivity index is 1.89. The Hall–Kier alpha value is -1.68. The predicted molar refractivity (Wildman–Crippen MR) is 81.6 cm³/mol. The Kier molecular flexibility index (Phi) is 5.30. The molecule has 1 atom stereocenters. The number of benzene rings is 1. The van der Waals surface area contributed by atoms with Crippen molar-refractivity contribution < 1.29 is 0 Å². The van der Waals surface area contributed by atoms with Gasteiger partial charge in [0.15, 0.2) is 0 Å². The molecule has 0 saturated carbocycles. The molecule has 0 bridgehead atoms. The average Bonchev–Trinajstić information content (AvgIpc) is 2.89. The third kappa shape index (κ3) is 3.67. The first-order valence-corrected chi connectivity index (χ1v) is 7.39. The van der Waals surface area contributed by atoms with Gasteiger partial charge in [0.25, 0.3) is 0 Å². The molecule has 20 heavy (non-hydrogen) atoms. The van der Waals surface area contributed by atoms with Crippen LogP contribution in [0.1, 0.15) is 43.3 Å². The van der Waals surface area contributed by atoms with Crippen molar-refractivity contribution in [2.75, 3.05) is 6.54 Å². The van der Waals surface area contributed by atoms with Crippen LogP contribution in [0.3, 0.4) is 0 Å². The first-order chi connectivity index (χ1) is 9.74. The molecule has 0 amide bonds.